The van der Waals surface area contributed by atoms with E-state index in [1.165, 1.54) is 6.33 Å². The highest BCUT2D eigenvalue weighted by Crippen LogP contribution is 2.18. The van der Waals surface area contributed by atoms with E-state index in [1.807, 2.05) is 0 Å². The maximum Gasteiger partial charge on any atom is 0.261 e. The van der Waals surface area contributed by atoms with Crippen LogP contribution in [0.1, 0.15) is 0 Å². The van der Waals surface area contributed by atoms with E-state index in [1.54, 1.807) is 17.8 Å². The molecule has 0 saturated heterocycles. The second-order valence-electron chi connectivity index (χ2n) is 2.52. The fourth-order valence-electron chi connectivity index (χ4n) is 1.17. The van der Waals surface area contributed by atoms with Crippen LogP contribution in [0, 0.1) is 0 Å². The maximum absolute atomic E-state index is 11.2. The van der Waals surface area contributed by atoms with E-state index >= 15 is 0 Å². The SMILES string of the molecule is Cn1cc(Cl)c2c(=O)[nH]cnc21. The van der Waals surface area contributed by atoms with Gasteiger partial charge in [-0.15, -0.1) is 0 Å². The number of H-pyrrole nitrogens is 1. The summed E-state index contributed by atoms with van der Waals surface area (Å²) in [6, 6.07) is 0. The predicted molar refractivity (Wildman–Crippen MR) is 46.3 cm³/mol. The van der Waals surface area contributed by atoms with Crippen LogP contribution < -0.4 is 5.56 Å². The van der Waals surface area contributed by atoms with Gasteiger partial charge in [0.25, 0.3) is 5.56 Å². The van der Waals surface area contributed by atoms with Crippen LogP contribution in [0.5, 0.6) is 0 Å². The molecule has 12 heavy (non-hydrogen) atoms. The van der Waals surface area contributed by atoms with Gasteiger partial charge in [0, 0.05) is 13.2 Å². The van der Waals surface area contributed by atoms with Gasteiger partial charge in [-0.3, -0.25) is 4.79 Å². The lowest BCUT2D eigenvalue weighted by Gasteiger charge is -1.90. The number of rotatable bonds is 0. The van der Waals surface area contributed by atoms with Crippen molar-refractivity contribution in [3.63, 3.8) is 0 Å². The minimum absolute atomic E-state index is 0.203. The number of fused-ring (bicyclic) bond motifs is 1. The average Bonchev–Trinajstić information content (AvgIpc) is 2.29. The first-order chi connectivity index (χ1) is 5.70. The summed E-state index contributed by atoms with van der Waals surface area (Å²) in [4.78, 5) is 17.7. The maximum atomic E-state index is 11.2. The summed E-state index contributed by atoms with van der Waals surface area (Å²) in [5, 5.41) is 0.878. The van der Waals surface area contributed by atoms with Crippen LogP contribution in [-0.4, -0.2) is 14.5 Å². The number of nitrogens with one attached hydrogen (secondary N) is 1. The van der Waals surface area contributed by atoms with Gasteiger partial charge >= 0.3 is 0 Å². The summed E-state index contributed by atoms with van der Waals surface area (Å²) >= 11 is 5.80. The Morgan fingerprint density at radius 1 is 1.67 bits per heavy atom. The summed E-state index contributed by atoms with van der Waals surface area (Å²) in [5.41, 5.74) is 0.398. The fourth-order valence-corrected chi connectivity index (χ4v) is 1.49. The van der Waals surface area contributed by atoms with Crippen LogP contribution in [0.3, 0.4) is 0 Å². The van der Waals surface area contributed by atoms with Crippen molar-refractivity contribution in [3.05, 3.63) is 27.9 Å². The molecule has 0 atom stereocenters. The Kier molecular flexibility index (Phi) is 1.44. The van der Waals surface area contributed by atoms with Crippen LogP contribution in [0.15, 0.2) is 17.3 Å². The highest BCUT2D eigenvalue weighted by Gasteiger charge is 2.07. The highest BCUT2D eigenvalue weighted by molar-refractivity contribution is 6.35. The molecule has 0 aliphatic rings. The normalized spacial score (nSPS) is 10.8. The van der Waals surface area contributed by atoms with Crippen LogP contribution >= 0.6 is 11.6 Å². The van der Waals surface area contributed by atoms with Crippen molar-refractivity contribution in [2.24, 2.45) is 7.05 Å². The minimum Gasteiger partial charge on any atom is -0.334 e. The average molecular weight is 184 g/mol. The molecule has 1 N–H and O–H groups in total. The van der Waals surface area contributed by atoms with Crippen molar-refractivity contribution < 1.29 is 0 Å². The summed E-state index contributed by atoms with van der Waals surface area (Å²) in [6.45, 7) is 0. The highest BCUT2D eigenvalue weighted by atomic mass is 35.5. The van der Waals surface area contributed by atoms with Crippen molar-refractivity contribution in [2.75, 3.05) is 0 Å². The summed E-state index contributed by atoms with van der Waals surface area (Å²) in [6.07, 6.45) is 3.02. The molecular formula is C7H6ClN3O. The van der Waals surface area contributed by atoms with Crippen LogP contribution in [0.2, 0.25) is 5.02 Å². The first kappa shape index (κ1) is 7.36. The molecule has 0 amide bonds. The van der Waals surface area contributed by atoms with Gasteiger partial charge < -0.3 is 9.55 Å². The van der Waals surface area contributed by atoms with Crippen molar-refractivity contribution in [1.82, 2.24) is 14.5 Å². The standard InChI is InChI=1S/C7H6ClN3O/c1-11-2-4(8)5-6(11)9-3-10-7(5)12/h2-3H,1H3,(H,9,10,12). The molecule has 0 spiro atoms. The lowest BCUT2D eigenvalue weighted by Crippen LogP contribution is -2.05. The number of aryl methyl sites for hydroxylation is 1. The largest absolute Gasteiger partial charge is 0.334 e. The second kappa shape index (κ2) is 2.35. The number of halogens is 1. The molecule has 0 unspecified atom stereocenters. The van der Waals surface area contributed by atoms with E-state index in [0.717, 1.165) is 0 Å². The molecule has 2 rings (SSSR count). The van der Waals surface area contributed by atoms with E-state index in [0.29, 0.717) is 16.1 Å². The zero-order valence-corrected chi connectivity index (χ0v) is 7.09. The Bertz CT molecular complexity index is 485. The van der Waals surface area contributed by atoms with Gasteiger partial charge in [-0.25, -0.2) is 4.98 Å². The first-order valence-corrected chi connectivity index (χ1v) is 3.76. The smallest absolute Gasteiger partial charge is 0.261 e. The van der Waals surface area contributed by atoms with E-state index < -0.39 is 0 Å². The molecule has 62 valence electrons. The summed E-state index contributed by atoms with van der Waals surface area (Å²) in [5.74, 6) is 0. The number of hydrogen-bond acceptors (Lipinski definition) is 2. The Morgan fingerprint density at radius 2 is 2.42 bits per heavy atom. The number of nitrogens with zero attached hydrogens (tertiary/aromatic N) is 2. The molecular weight excluding hydrogens is 178 g/mol. The van der Waals surface area contributed by atoms with Gasteiger partial charge in [0.2, 0.25) is 0 Å². The van der Waals surface area contributed by atoms with Crippen LogP contribution in [-0.2, 0) is 7.05 Å². The molecule has 2 heterocycles. The molecule has 5 heteroatoms. The quantitative estimate of drug-likeness (QED) is 0.660. The molecule has 2 aromatic heterocycles. The van der Waals surface area contributed by atoms with Gasteiger partial charge in [-0.1, -0.05) is 11.6 Å². The molecule has 0 aliphatic heterocycles. The molecule has 4 nitrogen and oxygen atoms in total. The zero-order valence-electron chi connectivity index (χ0n) is 6.34. The third-order valence-electron chi connectivity index (χ3n) is 1.71. The van der Waals surface area contributed by atoms with Crippen molar-refractivity contribution in [2.45, 2.75) is 0 Å². The van der Waals surface area contributed by atoms with Crippen molar-refractivity contribution >= 4 is 22.6 Å². The minimum atomic E-state index is -0.203. The molecule has 0 fully saturated rings. The number of hydrogen-bond donors (Lipinski definition) is 1. The molecule has 2 aromatic rings. The van der Waals surface area contributed by atoms with E-state index in [-0.39, 0.29) is 5.56 Å². The summed E-state index contributed by atoms with van der Waals surface area (Å²) < 4.78 is 1.72. The molecule has 0 radical (unpaired) electrons. The van der Waals surface area contributed by atoms with Gasteiger partial charge in [-0.05, 0) is 0 Å². The van der Waals surface area contributed by atoms with Crippen molar-refractivity contribution in [3.8, 4) is 0 Å². The van der Waals surface area contributed by atoms with Crippen LogP contribution in [0.4, 0.5) is 0 Å². The molecule has 0 saturated carbocycles. The Hall–Kier alpha value is -1.29. The Labute approximate surface area is 72.8 Å². The molecule has 0 bridgehead atoms. The topological polar surface area (TPSA) is 50.7 Å². The molecule has 0 aliphatic carbocycles. The van der Waals surface area contributed by atoms with Gasteiger partial charge in [0.05, 0.1) is 11.3 Å². The van der Waals surface area contributed by atoms with Gasteiger partial charge in [-0.2, -0.15) is 0 Å². The summed E-state index contributed by atoms with van der Waals surface area (Å²) in [7, 11) is 1.79. The van der Waals surface area contributed by atoms with E-state index in [4.69, 9.17) is 11.6 Å². The van der Waals surface area contributed by atoms with E-state index in [2.05, 4.69) is 9.97 Å². The fraction of sp³-hybridized carbons (Fsp3) is 0.143. The third-order valence-corrected chi connectivity index (χ3v) is 2.00. The van der Waals surface area contributed by atoms with Gasteiger partial charge in [0.15, 0.2) is 0 Å². The first-order valence-electron chi connectivity index (χ1n) is 3.38. The van der Waals surface area contributed by atoms with Gasteiger partial charge in [0.1, 0.15) is 11.0 Å². The molecule has 0 aromatic carbocycles. The van der Waals surface area contributed by atoms with Crippen LogP contribution in [0.25, 0.3) is 11.0 Å². The number of aromatic nitrogens is 3. The lowest BCUT2D eigenvalue weighted by atomic mass is 10.4. The zero-order chi connectivity index (χ0) is 8.72. The Balaban J connectivity index is 3.09. The van der Waals surface area contributed by atoms with Crippen molar-refractivity contribution in [1.29, 1.82) is 0 Å². The van der Waals surface area contributed by atoms with E-state index in [9.17, 15) is 4.79 Å². The second-order valence-corrected chi connectivity index (χ2v) is 2.93. The third kappa shape index (κ3) is 0.848. The monoisotopic (exact) mass is 183 g/mol. The number of aromatic amines is 1. The predicted octanol–water partition coefficient (Wildman–Crippen LogP) is 0.915. The lowest BCUT2D eigenvalue weighted by molar-refractivity contribution is 0.941. The Morgan fingerprint density at radius 3 is 3.08 bits per heavy atom.